The number of nitrogens with one attached hydrogen (secondary N) is 1. The quantitative estimate of drug-likeness (QED) is 0.704. The Kier molecular flexibility index (Phi) is 5.08. The lowest BCUT2D eigenvalue weighted by atomic mass is 10.1. The van der Waals surface area contributed by atoms with E-state index in [0.717, 1.165) is 11.1 Å². The molecule has 0 spiro atoms. The van der Waals surface area contributed by atoms with E-state index in [1.54, 1.807) is 31.6 Å². The van der Waals surface area contributed by atoms with E-state index in [-0.39, 0.29) is 5.82 Å². The molecule has 0 aliphatic heterocycles. The molecular formula is C18H17FN4O. The lowest BCUT2D eigenvalue weighted by molar-refractivity contribution is 0.210. The Morgan fingerprint density at radius 1 is 1.08 bits per heavy atom. The molecule has 0 saturated heterocycles. The van der Waals surface area contributed by atoms with Crippen molar-refractivity contribution in [1.29, 1.82) is 0 Å². The summed E-state index contributed by atoms with van der Waals surface area (Å²) in [4.78, 5) is 13.2. The Balaban J connectivity index is 2.00. The lowest BCUT2D eigenvalue weighted by Crippen LogP contribution is -2.10. The highest BCUT2D eigenvalue weighted by Crippen LogP contribution is 2.24. The SMILES string of the molecule is COCCNc1cc(-c2ccc(F)cc2)nc(-c2cccnc2)n1. The molecule has 1 aromatic carbocycles. The second kappa shape index (κ2) is 7.61. The zero-order valence-electron chi connectivity index (χ0n) is 13.2. The highest BCUT2D eigenvalue weighted by atomic mass is 19.1. The van der Waals surface area contributed by atoms with Gasteiger partial charge < -0.3 is 10.1 Å². The molecule has 3 rings (SSSR count). The van der Waals surface area contributed by atoms with Gasteiger partial charge in [-0.3, -0.25) is 4.98 Å². The molecule has 0 amide bonds. The van der Waals surface area contributed by atoms with Gasteiger partial charge in [-0.1, -0.05) is 0 Å². The Morgan fingerprint density at radius 2 is 1.92 bits per heavy atom. The van der Waals surface area contributed by atoms with Crippen LogP contribution in [0.2, 0.25) is 0 Å². The molecule has 0 aliphatic carbocycles. The highest BCUT2D eigenvalue weighted by molar-refractivity contribution is 5.67. The van der Waals surface area contributed by atoms with Gasteiger partial charge in [-0.15, -0.1) is 0 Å². The number of ether oxygens (including phenoxy) is 1. The molecule has 2 heterocycles. The Bertz CT molecular complexity index is 794. The average molecular weight is 324 g/mol. The molecule has 24 heavy (non-hydrogen) atoms. The van der Waals surface area contributed by atoms with Crippen LogP contribution in [0, 0.1) is 5.82 Å². The van der Waals surface area contributed by atoms with Gasteiger partial charge in [0.1, 0.15) is 11.6 Å². The summed E-state index contributed by atoms with van der Waals surface area (Å²) in [5.41, 5.74) is 2.35. The van der Waals surface area contributed by atoms with Gasteiger partial charge in [0.2, 0.25) is 0 Å². The molecule has 0 saturated carbocycles. The minimum absolute atomic E-state index is 0.279. The first-order chi connectivity index (χ1) is 11.8. The van der Waals surface area contributed by atoms with Gasteiger partial charge in [0.15, 0.2) is 5.82 Å². The number of hydrogen-bond donors (Lipinski definition) is 1. The summed E-state index contributed by atoms with van der Waals surface area (Å²) in [5.74, 6) is 0.962. The smallest absolute Gasteiger partial charge is 0.163 e. The molecule has 122 valence electrons. The molecule has 2 aromatic heterocycles. The van der Waals surface area contributed by atoms with Crippen molar-refractivity contribution in [3.8, 4) is 22.6 Å². The van der Waals surface area contributed by atoms with Gasteiger partial charge in [0.25, 0.3) is 0 Å². The molecule has 6 heteroatoms. The summed E-state index contributed by atoms with van der Waals surface area (Å²) in [6.07, 6.45) is 3.41. The number of nitrogens with zero attached hydrogens (tertiary/aromatic N) is 3. The average Bonchev–Trinajstić information content (AvgIpc) is 2.63. The predicted molar refractivity (Wildman–Crippen MR) is 91.0 cm³/mol. The Hall–Kier alpha value is -2.86. The molecule has 5 nitrogen and oxygen atoms in total. The Morgan fingerprint density at radius 3 is 2.62 bits per heavy atom. The van der Waals surface area contributed by atoms with Gasteiger partial charge in [0, 0.05) is 43.2 Å². The maximum Gasteiger partial charge on any atom is 0.163 e. The third-order valence-electron chi connectivity index (χ3n) is 3.40. The van der Waals surface area contributed by atoms with Gasteiger partial charge in [-0.05, 0) is 36.4 Å². The van der Waals surface area contributed by atoms with Gasteiger partial charge in [-0.2, -0.15) is 0 Å². The predicted octanol–water partition coefficient (Wildman–Crippen LogP) is 3.40. The monoisotopic (exact) mass is 324 g/mol. The summed E-state index contributed by atoms with van der Waals surface area (Å²) >= 11 is 0. The lowest BCUT2D eigenvalue weighted by Gasteiger charge is -2.10. The number of rotatable bonds is 6. The molecular weight excluding hydrogens is 307 g/mol. The van der Waals surface area contributed by atoms with E-state index >= 15 is 0 Å². The van der Waals surface area contributed by atoms with Crippen LogP contribution in [0.3, 0.4) is 0 Å². The van der Waals surface area contributed by atoms with Crippen molar-refractivity contribution in [1.82, 2.24) is 15.0 Å². The minimum Gasteiger partial charge on any atom is -0.383 e. The van der Waals surface area contributed by atoms with E-state index in [4.69, 9.17) is 4.74 Å². The summed E-state index contributed by atoms with van der Waals surface area (Å²) in [5, 5.41) is 3.21. The standard InChI is InChI=1S/C18H17FN4O/c1-24-10-9-21-17-11-16(13-4-6-15(19)7-5-13)22-18(23-17)14-3-2-8-20-12-14/h2-8,11-12H,9-10H2,1H3,(H,21,22,23). The van der Waals surface area contributed by atoms with Crippen molar-refractivity contribution in [2.24, 2.45) is 0 Å². The topological polar surface area (TPSA) is 59.9 Å². The minimum atomic E-state index is -0.279. The molecule has 0 atom stereocenters. The zero-order valence-corrected chi connectivity index (χ0v) is 13.2. The van der Waals surface area contributed by atoms with Crippen LogP contribution in [0.15, 0.2) is 54.9 Å². The van der Waals surface area contributed by atoms with Crippen molar-refractivity contribution in [2.45, 2.75) is 0 Å². The first-order valence-electron chi connectivity index (χ1n) is 7.54. The number of methoxy groups -OCH3 is 1. The molecule has 1 N–H and O–H groups in total. The fraction of sp³-hybridized carbons (Fsp3) is 0.167. The van der Waals surface area contributed by atoms with Crippen LogP contribution in [0.1, 0.15) is 0 Å². The van der Waals surface area contributed by atoms with E-state index in [1.807, 2.05) is 18.2 Å². The van der Waals surface area contributed by atoms with Crippen LogP contribution < -0.4 is 5.32 Å². The maximum absolute atomic E-state index is 13.2. The van der Waals surface area contributed by atoms with Crippen molar-refractivity contribution in [3.05, 3.63) is 60.7 Å². The Labute approximate surface area is 139 Å². The molecule has 0 fully saturated rings. The van der Waals surface area contributed by atoms with Crippen molar-refractivity contribution < 1.29 is 9.13 Å². The molecule has 0 unspecified atom stereocenters. The largest absolute Gasteiger partial charge is 0.383 e. The van der Waals surface area contributed by atoms with Crippen molar-refractivity contribution in [2.75, 3.05) is 25.6 Å². The molecule has 0 aliphatic rings. The van der Waals surface area contributed by atoms with Crippen LogP contribution in [0.5, 0.6) is 0 Å². The van der Waals surface area contributed by atoms with Gasteiger partial charge in [-0.25, -0.2) is 14.4 Å². The summed E-state index contributed by atoms with van der Waals surface area (Å²) in [6.45, 7) is 1.20. The summed E-state index contributed by atoms with van der Waals surface area (Å²) in [6, 6.07) is 11.8. The van der Waals surface area contributed by atoms with Gasteiger partial charge in [0.05, 0.1) is 12.3 Å². The van der Waals surface area contributed by atoms with Gasteiger partial charge >= 0.3 is 0 Å². The van der Waals surface area contributed by atoms with E-state index in [0.29, 0.717) is 30.5 Å². The normalized spacial score (nSPS) is 10.6. The van der Waals surface area contributed by atoms with Crippen LogP contribution in [0.4, 0.5) is 10.2 Å². The third kappa shape index (κ3) is 3.91. The molecule has 0 radical (unpaired) electrons. The number of anilines is 1. The number of hydrogen-bond acceptors (Lipinski definition) is 5. The van der Waals surface area contributed by atoms with Crippen molar-refractivity contribution >= 4 is 5.82 Å². The number of benzene rings is 1. The van der Waals surface area contributed by atoms with Crippen LogP contribution in [-0.4, -0.2) is 35.2 Å². The van der Waals surface area contributed by atoms with Crippen LogP contribution in [0.25, 0.3) is 22.6 Å². The molecule has 3 aromatic rings. The zero-order chi connectivity index (χ0) is 16.8. The fourth-order valence-electron chi connectivity index (χ4n) is 2.21. The van der Waals surface area contributed by atoms with Crippen LogP contribution >= 0.6 is 0 Å². The number of aromatic nitrogens is 3. The van der Waals surface area contributed by atoms with E-state index in [1.165, 1.54) is 12.1 Å². The number of halogens is 1. The summed E-state index contributed by atoms with van der Waals surface area (Å²) in [7, 11) is 1.65. The number of pyridine rings is 1. The first kappa shape index (κ1) is 16.0. The maximum atomic E-state index is 13.2. The van der Waals surface area contributed by atoms with E-state index in [2.05, 4.69) is 20.3 Å². The highest BCUT2D eigenvalue weighted by Gasteiger charge is 2.09. The van der Waals surface area contributed by atoms with Crippen molar-refractivity contribution in [3.63, 3.8) is 0 Å². The molecule has 0 bridgehead atoms. The second-order valence-corrected chi connectivity index (χ2v) is 5.13. The summed E-state index contributed by atoms with van der Waals surface area (Å²) < 4.78 is 18.2. The second-order valence-electron chi connectivity index (χ2n) is 5.13. The van der Waals surface area contributed by atoms with E-state index in [9.17, 15) is 4.39 Å². The fourth-order valence-corrected chi connectivity index (χ4v) is 2.21. The van der Waals surface area contributed by atoms with Crippen LogP contribution in [-0.2, 0) is 4.74 Å². The van der Waals surface area contributed by atoms with E-state index < -0.39 is 0 Å². The third-order valence-corrected chi connectivity index (χ3v) is 3.40. The first-order valence-corrected chi connectivity index (χ1v) is 7.54.